The molecule has 259 valence electrons. The van der Waals surface area contributed by atoms with Crippen LogP contribution < -0.4 is 0 Å². The monoisotopic (exact) mass is 757 g/mol. The smallest absolute Gasteiger partial charge is 0.324 e. The summed E-state index contributed by atoms with van der Waals surface area (Å²) in [7, 11) is 0. The Labute approximate surface area is 301 Å². The van der Waals surface area contributed by atoms with Crippen molar-refractivity contribution >= 4 is 66.9 Å². The van der Waals surface area contributed by atoms with Gasteiger partial charge in [-0.2, -0.15) is 0 Å². The molecule has 1 radical (unpaired) electrons. The second-order valence-electron chi connectivity index (χ2n) is 11.4. The summed E-state index contributed by atoms with van der Waals surface area (Å²) in [5.41, 5.74) is -4.69. The Bertz CT molecular complexity index is 2820. The predicted molar refractivity (Wildman–Crippen MR) is 183 cm³/mol. The second kappa shape index (κ2) is 11.7. The number of nitro benzene ring substituents is 4. The van der Waals surface area contributed by atoms with Crippen LogP contribution in [0.5, 0.6) is 0 Å². The Morgan fingerprint density at radius 2 is 0.679 bits per heavy atom. The minimum absolute atomic E-state index is 0. The number of nitrogens with one attached hydrogen (secondary N) is 2. The third-order valence-electron chi connectivity index (χ3n) is 8.62. The molecule has 3 aromatic heterocycles. The molecule has 7 aromatic rings. The van der Waals surface area contributed by atoms with Crippen molar-refractivity contribution < 1.29 is 36.8 Å². The zero-order valence-corrected chi connectivity index (χ0v) is 26.9. The molecule has 9 rings (SSSR count). The summed E-state index contributed by atoms with van der Waals surface area (Å²) in [4.78, 5) is 78.3. The van der Waals surface area contributed by atoms with Crippen LogP contribution in [0.25, 0.3) is 89.7 Å². The van der Waals surface area contributed by atoms with E-state index in [1.165, 1.54) is 0 Å². The number of nitrogens with zero attached hydrogens (tertiary/aromatic N) is 10. The van der Waals surface area contributed by atoms with Gasteiger partial charge in [0.2, 0.25) is 0 Å². The fourth-order valence-corrected chi connectivity index (χ4v) is 6.54. The van der Waals surface area contributed by atoms with E-state index in [9.17, 15) is 40.5 Å². The van der Waals surface area contributed by atoms with Crippen molar-refractivity contribution in [3.63, 3.8) is 0 Å². The van der Waals surface area contributed by atoms with Gasteiger partial charge < -0.3 is 9.97 Å². The van der Waals surface area contributed by atoms with Crippen LogP contribution in [-0.2, 0) is 17.1 Å². The Kier molecular flexibility index (Phi) is 7.20. The second-order valence-corrected chi connectivity index (χ2v) is 11.4. The van der Waals surface area contributed by atoms with Crippen LogP contribution in [0, 0.1) is 40.5 Å². The molecular formula is C32H14CuN12O8+2. The van der Waals surface area contributed by atoms with Crippen molar-refractivity contribution in [1.82, 2.24) is 39.9 Å². The van der Waals surface area contributed by atoms with E-state index >= 15 is 0 Å². The first-order chi connectivity index (χ1) is 25.1. The van der Waals surface area contributed by atoms with E-state index in [0.717, 1.165) is 0 Å². The fourth-order valence-electron chi connectivity index (χ4n) is 6.54. The fraction of sp³-hybridized carbons (Fsp3) is 0. The summed E-state index contributed by atoms with van der Waals surface area (Å²) in [6, 6.07) is 20.9. The first-order valence-corrected chi connectivity index (χ1v) is 15.0. The van der Waals surface area contributed by atoms with E-state index < -0.39 is 64.5 Å². The van der Waals surface area contributed by atoms with Gasteiger partial charge in [0.05, 0.1) is 19.7 Å². The quantitative estimate of drug-likeness (QED) is 0.110. The molecule has 0 spiro atoms. The Morgan fingerprint density at radius 3 is 1.00 bits per heavy atom. The summed E-state index contributed by atoms with van der Waals surface area (Å²) < 4.78 is 0. The van der Waals surface area contributed by atoms with Crippen molar-refractivity contribution in [1.29, 1.82) is 0 Å². The number of rotatable bonds is 4. The summed E-state index contributed by atoms with van der Waals surface area (Å²) in [5.74, 6) is 0.187. The number of aromatic nitrogens is 8. The number of aromatic amines is 2. The van der Waals surface area contributed by atoms with Crippen LogP contribution in [0.4, 0.5) is 22.7 Å². The SMILES string of the molecule is O=[N+]([O-])c1c([N+](=O)[O-])c([N+](=O)[O-])c2c3nc4nc(nc5[nH]c(nc6nc(nc([nH]3)c2c1[N+](=O)[O-])-c1ccccc1-6)c1ccccc51)-c1ccccc1-4.[Cu+2]. The van der Waals surface area contributed by atoms with Gasteiger partial charge in [0.1, 0.15) is 33.4 Å². The van der Waals surface area contributed by atoms with Crippen LogP contribution in [0.3, 0.4) is 0 Å². The minimum Gasteiger partial charge on any atom is -0.324 e. The van der Waals surface area contributed by atoms with Crippen LogP contribution in [0.2, 0.25) is 0 Å². The van der Waals surface area contributed by atoms with Gasteiger partial charge in [0.15, 0.2) is 23.3 Å². The van der Waals surface area contributed by atoms with Crippen molar-refractivity contribution in [2.75, 3.05) is 0 Å². The van der Waals surface area contributed by atoms with Gasteiger partial charge >= 0.3 is 39.8 Å². The number of fused-ring (bicyclic) bond motifs is 20. The zero-order valence-electron chi connectivity index (χ0n) is 26.0. The maximum atomic E-state index is 12.6. The molecule has 8 bridgehead atoms. The average Bonchev–Trinajstić information content (AvgIpc) is 3.86. The molecule has 0 atom stereocenters. The molecule has 21 heteroatoms. The van der Waals surface area contributed by atoms with Crippen molar-refractivity contribution in [3.05, 3.63) is 113 Å². The summed E-state index contributed by atoms with van der Waals surface area (Å²) in [5, 5.41) is 49.7. The van der Waals surface area contributed by atoms with Gasteiger partial charge in [-0.25, -0.2) is 29.9 Å². The maximum absolute atomic E-state index is 12.6. The number of hydrogen-bond donors (Lipinski definition) is 2. The molecule has 53 heavy (non-hydrogen) atoms. The van der Waals surface area contributed by atoms with E-state index in [-0.39, 0.29) is 40.4 Å². The molecule has 0 unspecified atom stereocenters. The van der Waals surface area contributed by atoms with Crippen LogP contribution in [0.15, 0.2) is 72.8 Å². The number of benzene rings is 4. The third-order valence-corrected chi connectivity index (χ3v) is 8.62. The molecule has 2 N–H and O–H groups in total. The standard InChI is InChI=1S/C32H14N12O8.Cu/c45-41(46)21-19-20(22(42(47)48)24(44(51)52)23(21)43(49)50)32-39-30-18-12-6-4-10-16(18)28(37-30)35-26-14-8-2-1-7-13(14)25(33-26)34-27-15-9-3-5-11-17(15)29(36-27)38-31(19)40-32;/h1-12H,(H2,33,34,35,36,37,38,39,40);/q;+2. The largest absolute Gasteiger partial charge is 2.00 e. The number of H-pyrrole nitrogens is 2. The van der Waals surface area contributed by atoms with E-state index in [1.807, 2.05) is 24.3 Å². The Balaban J connectivity index is 0.00000400. The molecular weight excluding hydrogens is 744 g/mol. The predicted octanol–water partition coefficient (Wildman–Crippen LogP) is 6.50. The van der Waals surface area contributed by atoms with E-state index in [4.69, 9.17) is 9.97 Å². The van der Waals surface area contributed by atoms with Crippen molar-refractivity contribution in [3.8, 4) is 45.6 Å². The Morgan fingerprint density at radius 1 is 0.396 bits per heavy atom. The van der Waals surface area contributed by atoms with Gasteiger partial charge in [0.25, 0.3) is 0 Å². The molecule has 0 saturated carbocycles. The van der Waals surface area contributed by atoms with E-state index in [1.54, 1.807) is 48.5 Å². The molecule has 0 amide bonds. The first-order valence-electron chi connectivity index (χ1n) is 15.0. The van der Waals surface area contributed by atoms with Crippen molar-refractivity contribution in [2.24, 2.45) is 0 Å². The number of hydrogen-bond acceptors (Lipinski definition) is 14. The molecule has 20 nitrogen and oxygen atoms in total. The molecule has 2 aliphatic heterocycles. The van der Waals surface area contributed by atoms with Gasteiger partial charge in [-0.3, -0.25) is 40.5 Å². The van der Waals surface area contributed by atoms with E-state index in [2.05, 4.69) is 29.9 Å². The Hall–Kier alpha value is -7.64. The molecule has 0 saturated heterocycles. The molecule has 0 aliphatic carbocycles. The topological polar surface area (TPSA) is 281 Å². The van der Waals surface area contributed by atoms with Crippen LogP contribution in [-0.4, -0.2) is 59.6 Å². The van der Waals surface area contributed by atoms with Gasteiger partial charge in [-0.15, -0.1) is 0 Å². The normalized spacial score (nSPS) is 11.5. The van der Waals surface area contributed by atoms with Crippen LogP contribution in [0.1, 0.15) is 0 Å². The number of nitro groups is 4. The maximum Gasteiger partial charge on any atom is 2.00 e. The summed E-state index contributed by atoms with van der Waals surface area (Å²) >= 11 is 0. The van der Waals surface area contributed by atoms with E-state index in [0.29, 0.717) is 44.3 Å². The molecule has 0 fully saturated rings. The van der Waals surface area contributed by atoms with Crippen LogP contribution >= 0.6 is 0 Å². The van der Waals surface area contributed by atoms with Crippen molar-refractivity contribution in [2.45, 2.75) is 0 Å². The summed E-state index contributed by atoms with van der Waals surface area (Å²) in [6.45, 7) is 0. The average molecular weight is 758 g/mol. The first kappa shape index (κ1) is 32.6. The van der Waals surface area contributed by atoms with Gasteiger partial charge in [-0.05, 0) is 0 Å². The van der Waals surface area contributed by atoms with Gasteiger partial charge in [-0.1, -0.05) is 72.8 Å². The zero-order chi connectivity index (χ0) is 36.0. The summed E-state index contributed by atoms with van der Waals surface area (Å²) in [6.07, 6.45) is 0. The minimum atomic E-state index is -1.70. The third kappa shape index (κ3) is 4.76. The molecule has 5 heterocycles. The molecule has 4 aromatic carbocycles. The van der Waals surface area contributed by atoms with Gasteiger partial charge in [0, 0.05) is 33.0 Å². The molecule has 2 aliphatic rings.